The number of hydrogen-bond donors (Lipinski definition) is 1. The van der Waals surface area contributed by atoms with Crippen molar-refractivity contribution >= 4 is 5.69 Å². The van der Waals surface area contributed by atoms with Crippen molar-refractivity contribution in [2.45, 2.75) is 74.5 Å². The van der Waals surface area contributed by atoms with Gasteiger partial charge in [0.25, 0.3) is 0 Å². The van der Waals surface area contributed by atoms with Gasteiger partial charge in [0.15, 0.2) is 0 Å². The zero-order chi connectivity index (χ0) is 29.7. The Morgan fingerprint density at radius 3 is 1.46 bits per heavy atom. The monoisotopic (exact) mass is 575 g/mol. The van der Waals surface area contributed by atoms with Gasteiger partial charge in [-0.05, 0) is 38.5 Å². The third kappa shape index (κ3) is 5.15. The van der Waals surface area contributed by atoms with Crippen molar-refractivity contribution in [2.75, 3.05) is 18.0 Å². The van der Waals surface area contributed by atoms with Crippen LogP contribution in [0.4, 0.5) is 71.5 Å². The van der Waals surface area contributed by atoms with Crippen molar-refractivity contribution in [3.63, 3.8) is 0 Å². The van der Waals surface area contributed by atoms with Gasteiger partial charge in [0.2, 0.25) is 0 Å². The van der Waals surface area contributed by atoms with Gasteiger partial charge in [-0.25, -0.2) is 0 Å². The Kier molecular flexibility index (Phi) is 8.55. The lowest BCUT2D eigenvalue weighted by Gasteiger charge is -2.42. The van der Waals surface area contributed by atoms with Crippen LogP contribution in [0.15, 0.2) is 24.3 Å². The summed E-state index contributed by atoms with van der Waals surface area (Å²) in [5, 5.41) is 10.3. The highest BCUT2D eigenvalue weighted by Gasteiger charge is 2.93. The molecule has 0 saturated heterocycles. The first kappa shape index (κ1) is 33.0. The van der Waals surface area contributed by atoms with E-state index in [-0.39, 0.29) is 5.69 Å². The Balaban J connectivity index is 3.54. The maximum Gasteiger partial charge on any atom is 0.460 e. The minimum atomic E-state index is -8.36. The first-order valence-electron chi connectivity index (χ1n) is 10.1. The average Bonchev–Trinajstić information content (AvgIpc) is 2.72. The third-order valence-corrected chi connectivity index (χ3v) is 5.56. The fourth-order valence-corrected chi connectivity index (χ4v) is 3.27. The maximum absolute atomic E-state index is 14.3. The van der Waals surface area contributed by atoms with Crippen LogP contribution in [0.5, 0.6) is 0 Å². The van der Waals surface area contributed by atoms with E-state index in [2.05, 4.69) is 0 Å². The SMILES string of the molecule is CCN(CC)c1cccc(C(C)(O)CC(F)(F)C(F)(F)C(F)(F)C(F)(F)C(F)(F)C(F)(F)C(F)(F)F)c1. The van der Waals surface area contributed by atoms with E-state index in [1.54, 1.807) is 18.7 Å². The molecule has 0 radical (unpaired) electrons. The van der Waals surface area contributed by atoms with Crippen LogP contribution >= 0.6 is 0 Å². The van der Waals surface area contributed by atoms with Crippen LogP contribution < -0.4 is 4.90 Å². The fourth-order valence-electron chi connectivity index (χ4n) is 3.27. The van der Waals surface area contributed by atoms with E-state index in [0.717, 1.165) is 18.2 Å². The van der Waals surface area contributed by atoms with Crippen molar-refractivity contribution in [2.24, 2.45) is 0 Å². The number of rotatable bonds is 11. The summed E-state index contributed by atoms with van der Waals surface area (Å²) in [6.45, 7) is 4.20. The minimum absolute atomic E-state index is 0.198. The van der Waals surface area contributed by atoms with Gasteiger partial charge < -0.3 is 10.0 Å². The summed E-state index contributed by atoms with van der Waals surface area (Å²) in [6.07, 6.45) is -10.5. The topological polar surface area (TPSA) is 23.5 Å². The number of hydrogen-bond acceptors (Lipinski definition) is 2. The van der Waals surface area contributed by atoms with E-state index in [4.69, 9.17) is 0 Å². The molecule has 1 unspecified atom stereocenters. The summed E-state index contributed by atoms with van der Waals surface area (Å²) >= 11 is 0. The van der Waals surface area contributed by atoms with E-state index in [9.17, 15) is 71.0 Å². The van der Waals surface area contributed by atoms with E-state index in [1.165, 1.54) is 6.07 Å². The van der Waals surface area contributed by atoms with Gasteiger partial charge in [-0.2, -0.15) is 65.9 Å². The molecule has 0 aromatic heterocycles. The first-order valence-corrected chi connectivity index (χ1v) is 10.1. The van der Waals surface area contributed by atoms with Gasteiger partial charge in [-0.3, -0.25) is 0 Å². The van der Waals surface area contributed by atoms with Crippen molar-refractivity contribution in [3.8, 4) is 0 Å². The molecule has 216 valence electrons. The van der Waals surface area contributed by atoms with Crippen molar-refractivity contribution in [1.29, 1.82) is 0 Å². The largest absolute Gasteiger partial charge is 0.460 e. The molecule has 0 bridgehead atoms. The number of halogens is 15. The van der Waals surface area contributed by atoms with E-state index in [1.807, 2.05) is 0 Å². The molecule has 0 fully saturated rings. The molecule has 0 heterocycles. The lowest BCUT2D eigenvalue weighted by molar-refractivity contribution is -0.453. The molecule has 37 heavy (non-hydrogen) atoms. The Hall–Kier alpha value is -2.07. The van der Waals surface area contributed by atoms with Crippen molar-refractivity contribution in [1.82, 2.24) is 0 Å². The van der Waals surface area contributed by atoms with Crippen molar-refractivity contribution < 1.29 is 71.0 Å². The van der Waals surface area contributed by atoms with Crippen LogP contribution in [0.3, 0.4) is 0 Å². The van der Waals surface area contributed by atoms with Gasteiger partial charge in [0, 0.05) is 18.8 Å². The highest BCUT2D eigenvalue weighted by molar-refractivity contribution is 5.49. The first-order chi connectivity index (χ1) is 16.2. The predicted molar refractivity (Wildman–Crippen MR) is 99.9 cm³/mol. The Bertz CT molecular complexity index is 936. The number of aliphatic hydroxyl groups is 1. The van der Waals surface area contributed by atoms with E-state index < -0.39 is 59.3 Å². The summed E-state index contributed by atoms with van der Waals surface area (Å²) in [5.41, 5.74) is -3.71. The van der Waals surface area contributed by atoms with Gasteiger partial charge >= 0.3 is 41.7 Å². The Morgan fingerprint density at radius 2 is 1.05 bits per heavy atom. The molecular weight excluding hydrogens is 555 g/mol. The molecule has 0 spiro atoms. The van der Waals surface area contributed by atoms with E-state index >= 15 is 0 Å². The molecule has 0 aliphatic heterocycles. The molecule has 1 aromatic rings. The van der Waals surface area contributed by atoms with Crippen molar-refractivity contribution in [3.05, 3.63) is 29.8 Å². The standard InChI is InChI=1S/C20H20F15NO/c1-4-36(5-2)12-8-6-7-11(9-12)13(3,37)10-14(21,22)15(23,24)16(25,26)17(27,28)18(29,30)19(31,32)20(33,34)35/h6-9,37H,4-5,10H2,1-3H3. The molecule has 0 aliphatic carbocycles. The van der Waals surface area contributed by atoms with E-state index in [0.29, 0.717) is 20.0 Å². The van der Waals surface area contributed by atoms with Crippen LogP contribution in [0, 0.1) is 0 Å². The smallest absolute Gasteiger partial charge is 0.385 e. The summed E-state index contributed by atoms with van der Waals surface area (Å²) < 4.78 is 201. The third-order valence-electron chi connectivity index (χ3n) is 5.56. The Labute approximate surface area is 200 Å². The molecule has 2 nitrogen and oxygen atoms in total. The van der Waals surface area contributed by atoms with Gasteiger partial charge in [0.1, 0.15) is 0 Å². The maximum atomic E-state index is 14.3. The van der Waals surface area contributed by atoms with Crippen LogP contribution in [0.25, 0.3) is 0 Å². The quantitative estimate of drug-likeness (QED) is 0.276. The van der Waals surface area contributed by atoms with Crippen LogP contribution in [-0.4, -0.2) is 59.9 Å². The van der Waals surface area contributed by atoms with Gasteiger partial charge in [-0.15, -0.1) is 0 Å². The molecular formula is C20H20F15NO. The molecule has 1 atom stereocenters. The number of nitrogens with zero attached hydrogens (tertiary/aromatic N) is 1. The predicted octanol–water partition coefficient (Wildman–Crippen LogP) is 7.50. The lowest BCUT2D eigenvalue weighted by Crippen LogP contribution is -2.72. The molecule has 0 amide bonds. The summed E-state index contributed by atoms with van der Waals surface area (Å²) in [4.78, 5) is 1.55. The zero-order valence-electron chi connectivity index (χ0n) is 19.0. The second-order valence-electron chi connectivity index (χ2n) is 8.25. The second kappa shape index (κ2) is 9.59. The normalized spacial score (nSPS) is 16.5. The number of benzene rings is 1. The van der Waals surface area contributed by atoms with Crippen LogP contribution in [0.2, 0.25) is 0 Å². The summed E-state index contributed by atoms with van der Waals surface area (Å²) in [7, 11) is 0. The van der Waals surface area contributed by atoms with Crippen LogP contribution in [0.1, 0.15) is 32.8 Å². The van der Waals surface area contributed by atoms with Gasteiger partial charge in [0.05, 0.1) is 12.0 Å². The highest BCUT2D eigenvalue weighted by atomic mass is 19.4. The summed E-state index contributed by atoms with van der Waals surface area (Å²) in [6, 6.07) is 4.24. The second-order valence-corrected chi connectivity index (χ2v) is 8.25. The minimum Gasteiger partial charge on any atom is -0.385 e. The lowest BCUT2D eigenvalue weighted by atomic mass is 9.83. The molecule has 0 aliphatic rings. The van der Waals surface area contributed by atoms with Crippen LogP contribution in [-0.2, 0) is 5.60 Å². The Morgan fingerprint density at radius 1 is 0.649 bits per heavy atom. The fraction of sp³-hybridized carbons (Fsp3) is 0.700. The van der Waals surface area contributed by atoms with Gasteiger partial charge in [-0.1, -0.05) is 12.1 Å². The number of anilines is 1. The molecule has 17 heteroatoms. The molecule has 1 aromatic carbocycles. The molecule has 0 saturated carbocycles. The molecule has 1 N–H and O–H groups in total. The zero-order valence-corrected chi connectivity index (χ0v) is 19.0. The highest BCUT2D eigenvalue weighted by Crippen LogP contribution is 2.63. The summed E-state index contributed by atoms with van der Waals surface area (Å²) in [5.74, 6) is -47.1. The average molecular weight is 575 g/mol. The number of alkyl halides is 15. The molecule has 1 rings (SSSR count).